The highest BCUT2D eigenvalue weighted by molar-refractivity contribution is 7.80. The fraction of sp³-hybridized carbons (Fsp3) is 1.00. The van der Waals surface area contributed by atoms with Gasteiger partial charge in [0.05, 0.1) is 6.61 Å². The van der Waals surface area contributed by atoms with Crippen LogP contribution >= 0.6 is 12.6 Å². The van der Waals surface area contributed by atoms with E-state index in [2.05, 4.69) is 24.5 Å². The van der Waals surface area contributed by atoms with E-state index in [0.717, 1.165) is 12.3 Å². The fourth-order valence-electron chi connectivity index (χ4n) is 2.55. The van der Waals surface area contributed by atoms with Gasteiger partial charge in [0.2, 0.25) is 0 Å². The Balaban J connectivity index is 1.91. The highest BCUT2D eigenvalue weighted by Gasteiger charge is 2.45. The van der Waals surface area contributed by atoms with Crippen LogP contribution in [-0.4, -0.2) is 41.5 Å². The number of thiol groups is 1. The van der Waals surface area contributed by atoms with Gasteiger partial charge in [-0.2, -0.15) is 12.6 Å². The Labute approximate surface area is 92.1 Å². The van der Waals surface area contributed by atoms with Gasteiger partial charge in [0.15, 0.2) is 0 Å². The van der Waals surface area contributed by atoms with Gasteiger partial charge in [-0.1, -0.05) is 6.92 Å². The first kappa shape index (κ1) is 10.8. The standard InChI is InChI=1S/C11H21NOS/c1-9-2-5-12(10(9)6-13)7-11(8-14)3-4-11/h9-10,13-14H,2-8H2,1H3. The lowest BCUT2D eigenvalue weighted by Crippen LogP contribution is -2.39. The molecule has 0 amide bonds. The van der Waals surface area contributed by atoms with E-state index < -0.39 is 0 Å². The molecule has 1 heterocycles. The fourth-order valence-corrected chi connectivity index (χ4v) is 2.97. The number of aliphatic hydroxyl groups is 1. The van der Waals surface area contributed by atoms with Crippen LogP contribution in [0.15, 0.2) is 0 Å². The lowest BCUT2D eigenvalue weighted by Gasteiger charge is -2.28. The molecule has 0 aromatic rings. The first-order valence-electron chi connectivity index (χ1n) is 5.66. The third-order valence-corrected chi connectivity index (χ3v) is 4.69. The zero-order valence-corrected chi connectivity index (χ0v) is 9.84. The van der Waals surface area contributed by atoms with Crippen LogP contribution < -0.4 is 0 Å². The third-order valence-electron chi connectivity index (χ3n) is 4.02. The Bertz CT molecular complexity index is 205. The summed E-state index contributed by atoms with van der Waals surface area (Å²) in [6, 6.07) is 0.410. The van der Waals surface area contributed by atoms with Crippen LogP contribution in [0.5, 0.6) is 0 Å². The number of aliphatic hydroxyl groups excluding tert-OH is 1. The average molecular weight is 215 g/mol. The summed E-state index contributed by atoms with van der Waals surface area (Å²) >= 11 is 4.43. The highest BCUT2D eigenvalue weighted by Crippen LogP contribution is 2.48. The summed E-state index contributed by atoms with van der Waals surface area (Å²) in [5, 5.41) is 9.34. The van der Waals surface area contributed by atoms with E-state index >= 15 is 0 Å². The van der Waals surface area contributed by atoms with E-state index in [-0.39, 0.29) is 0 Å². The maximum atomic E-state index is 9.34. The van der Waals surface area contributed by atoms with Crippen molar-refractivity contribution in [1.82, 2.24) is 4.90 Å². The van der Waals surface area contributed by atoms with Crippen LogP contribution in [0.4, 0.5) is 0 Å². The van der Waals surface area contributed by atoms with E-state index in [0.29, 0.717) is 24.0 Å². The van der Waals surface area contributed by atoms with Gasteiger partial charge in [-0.05, 0) is 42.9 Å². The normalized spacial score (nSPS) is 36.2. The lowest BCUT2D eigenvalue weighted by atomic mass is 10.0. The molecule has 3 heteroatoms. The minimum Gasteiger partial charge on any atom is -0.395 e. The van der Waals surface area contributed by atoms with Crippen LogP contribution in [0.25, 0.3) is 0 Å². The molecule has 0 aromatic heterocycles. The van der Waals surface area contributed by atoms with Crippen molar-refractivity contribution in [2.45, 2.75) is 32.2 Å². The van der Waals surface area contributed by atoms with Gasteiger partial charge in [-0.25, -0.2) is 0 Å². The Hall–Kier alpha value is 0.270. The van der Waals surface area contributed by atoms with Crippen LogP contribution in [-0.2, 0) is 0 Å². The van der Waals surface area contributed by atoms with Gasteiger partial charge in [0.1, 0.15) is 0 Å². The topological polar surface area (TPSA) is 23.5 Å². The van der Waals surface area contributed by atoms with E-state index in [9.17, 15) is 5.11 Å². The van der Waals surface area contributed by atoms with Gasteiger partial charge in [-0.3, -0.25) is 4.90 Å². The Kier molecular flexibility index (Phi) is 3.10. The van der Waals surface area contributed by atoms with E-state index in [1.54, 1.807) is 0 Å². The molecular weight excluding hydrogens is 194 g/mol. The van der Waals surface area contributed by atoms with E-state index in [1.165, 1.54) is 25.8 Å². The van der Waals surface area contributed by atoms with Crippen LogP contribution in [0, 0.1) is 11.3 Å². The molecular formula is C11H21NOS. The molecule has 2 rings (SSSR count). The molecule has 2 atom stereocenters. The monoisotopic (exact) mass is 215 g/mol. The zero-order valence-electron chi connectivity index (χ0n) is 8.95. The van der Waals surface area contributed by atoms with Crippen LogP contribution in [0.3, 0.4) is 0 Å². The summed E-state index contributed by atoms with van der Waals surface area (Å²) in [5.41, 5.74) is 0.501. The molecule has 2 aliphatic rings. The molecule has 82 valence electrons. The molecule has 1 saturated carbocycles. The van der Waals surface area contributed by atoms with Crippen molar-refractivity contribution >= 4 is 12.6 Å². The van der Waals surface area contributed by atoms with Gasteiger partial charge in [0.25, 0.3) is 0 Å². The Morgan fingerprint density at radius 2 is 2.21 bits per heavy atom. The molecule has 14 heavy (non-hydrogen) atoms. The van der Waals surface area contributed by atoms with E-state index in [4.69, 9.17) is 0 Å². The minimum atomic E-state index is 0.323. The summed E-state index contributed by atoms with van der Waals surface area (Å²) in [5.74, 6) is 1.67. The predicted molar refractivity (Wildman–Crippen MR) is 61.7 cm³/mol. The van der Waals surface area contributed by atoms with Crippen molar-refractivity contribution in [3.8, 4) is 0 Å². The molecule has 1 N–H and O–H groups in total. The Morgan fingerprint density at radius 3 is 2.71 bits per heavy atom. The summed E-state index contributed by atoms with van der Waals surface area (Å²) in [6.45, 7) is 4.90. The van der Waals surface area contributed by atoms with Gasteiger partial charge in [0, 0.05) is 12.6 Å². The Morgan fingerprint density at radius 1 is 1.50 bits per heavy atom. The first-order valence-corrected chi connectivity index (χ1v) is 6.30. The average Bonchev–Trinajstić information content (AvgIpc) is 2.87. The number of hydrogen-bond acceptors (Lipinski definition) is 3. The molecule has 2 fully saturated rings. The second-order valence-electron chi connectivity index (χ2n) is 5.14. The second-order valence-corrected chi connectivity index (χ2v) is 5.46. The molecule has 0 spiro atoms. The molecule has 0 aromatic carbocycles. The van der Waals surface area contributed by atoms with Crippen molar-refractivity contribution in [2.24, 2.45) is 11.3 Å². The summed E-state index contributed by atoms with van der Waals surface area (Å²) in [4.78, 5) is 2.48. The molecule has 2 unspecified atom stereocenters. The van der Waals surface area contributed by atoms with Gasteiger partial charge in [-0.15, -0.1) is 0 Å². The molecule has 1 aliphatic carbocycles. The van der Waals surface area contributed by atoms with Crippen LogP contribution in [0.1, 0.15) is 26.2 Å². The van der Waals surface area contributed by atoms with Crippen molar-refractivity contribution in [3.05, 3.63) is 0 Å². The smallest absolute Gasteiger partial charge is 0.0589 e. The molecule has 0 bridgehead atoms. The number of hydrogen-bond donors (Lipinski definition) is 2. The summed E-state index contributed by atoms with van der Waals surface area (Å²) in [7, 11) is 0. The van der Waals surface area contributed by atoms with Crippen molar-refractivity contribution < 1.29 is 5.11 Å². The maximum absolute atomic E-state index is 9.34. The molecule has 1 aliphatic heterocycles. The highest BCUT2D eigenvalue weighted by atomic mass is 32.1. The quantitative estimate of drug-likeness (QED) is 0.693. The largest absolute Gasteiger partial charge is 0.395 e. The molecule has 2 nitrogen and oxygen atoms in total. The zero-order chi connectivity index (χ0) is 10.2. The SMILES string of the molecule is CC1CCN(CC2(CS)CC2)C1CO. The van der Waals surface area contributed by atoms with Gasteiger partial charge >= 0.3 is 0 Å². The first-order chi connectivity index (χ1) is 6.71. The maximum Gasteiger partial charge on any atom is 0.0589 e. The molecule has 1 saturated heterocycles. The second kappa shape index (κ2) is 4.03. The number of rotatable bonds is 4. The lowest BCUT2D eigenvalue weighted by molar-refractivity contribution is 0.124. The number of nitrogens with zero attached hydrogens (tertiary/aromatic N) is 1. The van der Waals surface area contributed by atoms with Gasteiger partial charge < -0.3 is 5.11 Å². The summed E-state index contributed by atoms with van der Waals surface area (Å²) < 4.78 is 0. The van der Waals surface area contributed by atoms with Crippen molar-refractivity contribution in [3.63, 3.8) is 0 Å². The molecule has 0 radical (unpaired) electrons. The van der Waals surface area contributed by atoms with Crippen molar-refractivity contribution in [1.29, 1.82) is 0 Å². The third kappa shape index (κ3) is 1.95. The summed E-state index contributed by atoms with van der Waals surface area (Å²) in [6.07, 6.45) is 3.91. The predicted octanol–water partition coefficient (Wildman–Crippen LogP) is 1.40. The van der Waals surface area contributed by atoms with Crippen molar-refractivity contribution in [2.75, 3.05) is 25.4 Å². The minimum absolute atomic E-state index is 0.323. The van der Waals surface area contributed by atoms with Crippen LogP contribution in [0.2, 0.25) is 0 Å². The van der Waals surface area contributed by atoms with E-state index in [1.807, 2.05) is 0 Å². The number of likely N-dealkylation sites (tertiary alicyclic amines) is 1.